The summed E-state index contributed by atoms with van der Waals surface area (Å²) in [6.07, 6.45) is 0. The highest BCUT2D eigenvalue weighted by molar-refractivity contribution is 9.10. The molecule has 3 N–H and O–H groups in total. The monoisotopic (exact) mass is 336 g/mol. The maximum Gasteiger partial charge on any atom is 0.239 e. The summed E-state index contributed by atoms with van der Waals surface area (Å²) < 4.78 is 13.8. The lowest BCUT2D eigenvalue weighted by Crippen LogP contribution is -2.33. The maximum absolute atomic E-state index is 12.8. The highest BCUT2D eigenvalue weighted by atomic mass is 79.9. The fraction of sp³-hybridized carbons (Fsp3) is 0.133. The fourth-order valence-electron chi connectivity index (χ4n) is 1.86. The summed E-state index contributed by atoms with van der Waals surface area (Å²) in [4.78, 5) is 11.5. The Labute approximate surface area is 125 Å². The van der Waals surface area contributed by atoms with Crippen LogP contribution in [0.25, 0.3) is 0 Å². The Bertz CT molecular complexity index is 584. The van der Waals surface area contributed by atoms with E-state index in [2.05, 4.69) is 21.2 Å². The van der Waals surface area contributed by atoms with E-state index in [1.165, 1.54) is 12.1 Å². The Morgan fingerprint density at radius 2 is 1.75 bits per heavy atom. The minimum absolute atomic E-state index is 0.284. The van der Waals surface area contributed by atoms with E-state index in [-0.39, 0.29) is 5.82 Å². The van der Waals surface area contributed by atoms with Crippen LogP contribution in [-0.4, -0.2) is 5.91 Å². The summed E-state index contributed by atoms with van der Waals surface area (Å²) in [5.74, 6) is -0.734. The summed E-state index contributed by atoms with van der Waals surface area (Å²) in [6, 6.07) is 12.9. The lowest BCUT2D eigenvalue weighted by molar-refractivity contribution is -0.120. The van der Waals surface area contributed by atoms with Gasteiger partial charge in [0.1, 0.15) is 11.9 Å². The Kier molecular flexibility index (Phi) is 4.87. The van der Waals surface area contributed by atoms with E-state index in [0.29, 0.717) is 6.54 Å². The second kappa shape index (κ2) is 6.63. The average molecular weight is 337 g/mol. The van der Waals surface area contributed by atoms with E-state index in [1.807, 2.05) is 24.3 Å². The lowest BCUT2D eigenvalue weighted by Gasteiger charge is -2.16. The van der Waals surface area contributed by atoms with Crippen molar-refractivity contribution in [1.29, 1.82) is 0 Å². The maximum atomic E-state index is 12.8. The molecular formula is C15H14BrFN2O. The number of carbonyl (C=O) groups is 1. The van der Waals surface area contributed by atoms with E-state index in [1.54, 1.807) is 12.1 Å². The second-order valence-corrected chi connectivity index (χ2v) is 5.31. The van der Waals surface area contributed by atoms with Crippen LogP contribution >= 0.6 is 15.9 Å². The SMILES string of the molecule is NC(=O)[C@@H](NCc1ccc(F)cc1)c1ccc(Br)cc1. The Balaban J connectivity index is 2.08. The van der Waals surface area contributed by atoms with E-state index >= 15 is 0 Å². The van der Waals surface area contributed by atoms with Crippen molar-refractivity contribution in [1.82, 2.24) is 5.32 Å². The number of amides is 1. The molecule has 0 saturated heterocycles. The van der Waals surface area contributed by atoms with Crippen molar-refractivity contribution >= 4 is 21.8 Å². The van der Waals surface area contributed by atoms with Gasteiger partial charge in [0.2, 0.25) is 5.91 Å². The van der Waals surface area contributed by atoms with Gasteiger partial charge in [-0.05, 0) is 35.4 Å². The molecule has 1 amide bonds. The second-order valence-electron chi connectivity index (χ2n) is 4.39. The molecule has 0 bridgehead atoms. The molecule has 0 heterocycles. The number of carbonyl (C=O) groups excluding carboxylic acids is 1. The molecule has 0 saturated carbocycles. The first-order valence-corrected chi connectivity index (χ1v) is 6.88. The topological polar surface area (TPSA) is 55.1 Å². The van der Waals surface area contributed by atoms with Gasteiger partial charge in [-0.3, -0.25) is 10.1 Å². The molecule has 0 spiro atoms. The van der Waals surface area contributed by atoms with Gasteiger partial charge in [-0.15, -0.1) is 0 Å². The van der Waals surface area contributed by atoms with E-state index in [0.717, 1.165) is 15.6 Å². The number of primary amides is 1. The predicted octanol–water partition coefficient (Wildman–Crippen LogP) is 2.90. The Morgan fingerprint density at radius 1 is 1.15 bits per heavy atom. The minimum Gasteiger partial charge on any atom is -0.368 e. The van der Waals surface area contributed by atoms with Crippen molar-refractivity contribution in [2.24, 2.45) is 5.73 Å². The number of hydrogen-bond acceptors (Lipinski definition) is 2. The third kappa shape index (κ3) is 3.88. The number of nitrogens with two attached hydrogens (primary N) is 1. The third-order valence-corrected chi connectivity index (χ3v) is 3.44. The molecule has 0 aliphatic rings. The van der Waals surface area contributed by atoms with Crippen LogP contribution in [0.3, 0.4) is 0 Å². The molecule has 0 aliphatic heterocycles. The van der Waals surface area contributed by atoms with Crippen LogP contribution in [0.5, 0.6) is 0 Å². The van der Waals surface area contributed by atoms with Crippen LogP contribution in [-0.2, 0) is 11.3 Å². The number of halogens is 2. The molecule has 0 fully saturated rings. The first kappa shape index (κ1) is 14.7. The molecule has 20 heavy (non-hydrogen) atoms. The molecule has 2 aromatic rings. The van der Waals surface area contributed by atoms with E-state index < -0.39 is 11.9 Å². The van der Waals surface area contributed by atoms with E-state index in [9.17, 15) is 9.18 Å². The fourth-order valence-corrected chi connectivity index (χ4v) is 2.12. The molecule has 1 atom stereocenters. The van der Waals surface area contributed by atoms with Crippen LogP contribution in [0.15, 0.2) is 53.0 Å². The zero-order valence-electron chi connectivity index (χ0n) is 10.6. The van der Waals surface area contributed by atoms with Crippen molar-refractivity contribution in [2.45, 2.75) is 12.6 Å². The van der Waals surface area contributed by atoms with Crippen molar-refractivity contribution in [3.05, 3.63) is 69.9 Å². The van der Waals surface area contributed by atoms with Gasteiger partial charge in [0.05, 0.1) is 0 Å². The van der Waals surface area contributed by atoms with Crippen LogP contribution < -0.4 is 11.1 Å². The Morgan fingerprint density at radius 3 is 2.30 bits per heavy atom. The van der Waals surface area contributed by atoms with Gasteiger partial charge in [0.25, 0.3) is 0 Å². The van der Waals surface area contributed by atoms with Crippen LogP contribution in [0.4, 0.5) is 4.39 Å². The molecule has 2 aromatic carbocycles. The quantitative estimate of drug-likeness (QED) is 0.881. The molecular weight excluding hydrogens is 323 g/mol. The van der Waals surface area contributed by atoms with Crippen molar-refractivity contribution in [3.63, 3.8) is 0 Å². The normalized spacial score (nSPS) is 12.1. The smallest absolute Gasteiger partial charge is 0.239 e. The first-order chi connectivity index (χ1) is 9.56. The zero-order valence-corrected chi connectivity index (χ0v) is 12.2. The molecule has 0 unspecified atom stereocenters. The number of benzene rings is 2. The number of rotatable bonds is 5. The first-order valence-electron chi connectivity index (χ1n) is 6.09. The largest absolute Gasteiger partial charge is 0.368 e. The average Bonchev–Trinajstić information content (AvgIpc) is 2.43. The van der Waals surface area contributed by atoms with Gasteiger partial charge in [0.15, 0.2) is 0 Å². The molecule has 0 radical (unpaired) electrons. The van der Waals surface area contributed by atoms with Gasteiger partial charge in [-0.2, -0.15) is 0 Å². The highest BCUT2D eigenvalue weighted by Gasteiger charge is 2.16. The standard InChI is InChI=1S/C15H14BrFN2O/c16-12-5-3-11(4-6-12)14(15(18)20)19-9-10-1-7-13(17)8-2-10/h1-8,14,19H,9H2,(H2,18,20)/t14-/m0/s1. The molecule has 2 rings (SSSR count). The molecule has 104 valence electrons. The zero-order chi connectivity index (χ0) is 14.5. The van der Waals surface area contributed by atoms with Crippen LogP contribution in [0.1, 0.15) is 17.2 Å². The predicted molar refractivity (Wildman–Crippen MR) is 79.3 cm³/mol. The summed E-state index contributed by atoms with van der Waals surface area (Å²) in [6.45, 7) is 0.434. The van der Waals surface area contributed by atoms with Crippen molar-refractivity contribution < 1.29 is 9.18 Å². The van der Waals surface area contributed by atoms with Gasteiger partial charge in [-0.25, -0.2) is 4.39 Å². The summed E-state index contributed by atoms with van der Waals surface area (Å²) in [5.41, 5.74) is 7.10. The minimum atomic E-state index is -0.576. The molecule has 0 aromatic heterocycles. The van der Waals surface area contributed by atoms with Crippen molar-refractivity contribution in [2.75, 3.05) is 0 Å². The summed E-state index contributed by atoms with van der Waals surface area (Å²) >= 11 is 3.34. The number of nitrogens with one attached hydrogen (secondary N) is 1. The lowest BCUT2D eigenvalue weighted by atomic mass is 10.1. The van der Waals surface area contributed by atoms with Crippen LogP contribution in [0, 0.1) is 5.82 Å². The van der Waals surface area contributed by atoms with Gasteiger partial charge >= 0.3 is 0 Å². The molecule has 5 heteroatoms. The summed E-state index contributed by atoms with van der Waals surface area (Å²) in [5, 5.41) is 3.08. The third-order valence-electron chi connectivity index (χ3n) is 2.91. The number of hydrogen-bond donors (Lipinski definition) is 2. The van der Waals surface area contributed by atoms with E-state index in [4.69, 9.17) is 5.73 Å². The van der Waals surface area contributed by atoms with Gasteiger partial charge in [0, 0.05) is 11.0 Å². The Hall–Kier alpha value is -1.72. The van der Waals surface area contributed by atoms with Crippen LogP contribution in [0.2, 0.25) is 0 Å². The molecule has 0 aliphatic carbocycles. The van der Waals surface area contributed by atoms with Gasteiger partial charge < -0.3 is 5.73 Å². The summed E-state index contributed by atoms with van der Waals surface area (Å²) in [7, 11) is 0. The van der Waals surface area contributed by atoms with Crippen molar-refractivity contribution in [3.8, 4) is 0 Å². The molecule has 3 nitrogen and oxygen atoms in total. The van der Waals surface area contributed by atoms with Gasteiger partial charge in [-0.1, -0.05) is 40.2 Å². The highest BCUT2D eigenvalue weighted by Crippen LogP contribution is 2.17.